The number of pyridine rings is 2. The van der Waals surface area contributed by atoms with Crippen molar-refractivity contribution in [3.05, 3.63) is 84.4 Å². The zero-order valence-electron chi connectivity index (χ0n) is 17.1. The van der Waals surface area contributed by atoms with Crippen LogP contribution < -0.4 is 0 Å². The van der Waals surface area contributed by atoms with Crippen LogP contribution in [-0.4, -0.2) is 30.1 Å². The predicted octanol–water partition coefficient (Wildman–Crippen LogP) is 5.68. The number of nitrogens with one attached hydrogen (secondary N) is 2. The molecule has 6 rings (SSSR count). The fraction of sp³-hybridized carbons (Fsp3) is 0.0400. The number of H-pyrrole nitrogens is 2. The third-order valence-corrected chi connectivity index (χ3v) is 5.46. The maximum absolute atomic E-state index is 14.0. The van der Waals surface area contributed by atoms with Crippen LogP contribution in [0.5, 0.6) is 0 Å². The molecule has 4 aromatic heterocycles. The quantitative estimate of drug-likeness (QED) is 0.386. The Morgan fingerprint density at radius 3 is 2.66 bits per heavy atom. The molecule has 2 aromatic carbocycles. The van der Waals surface area contributed by atoms with Crippen LogP contribution in [0, 0.1) is 12.7 Å². The van der Waals surface area contributed by atoms with Gasteiger partial charge in [-0.05, 0) is 54.4 Å². The van der Waals surface area contributed by atoms with Crippen molar-refractivity contribution in [3.63, 3.8) is 0 Å². The summed E-state index contributed by atoms with van der Waals surface area (Å²) in [6.07, 6.45) is 3.49. The lowest BCUT2D eigenvalue weighted by molar-refractivity contribution is 0.627. The van der Waals surface area contributed by atoms with E-state index < -0.39 is 0 Å². The Hall–Kier alpha value is -4.39. The van der Waals surface area contributed by atoms with Crippen LogP contribution in [-0.2, 0) is 0 Å². The number of aryl methyl sites for hydroxylation is 1. The molecule has 0 aliphatic rings. The molecular formula is C25H17FN6. The van der Waals surface area contributed by atoms with Gasteiger partial charge < -0.3 is 4.98 Å². The molecule has 0 fully saturated rings. The van der Waals surface area contributed by atoms with Gasteiger partial charge in [-0.1, -0.05) is 24.3 Å². The maximum Gasteiger partial charge on any atom is 0.159 e. The van der Waals surface area contributed by atoms with E-state index in [0.29, 0.717) is 11.5 Å². The van der Waals surface area contributed by atoms with Crippen molar-refractivity contribution in [3.8, 4) is 34.0 Å². The van der Waals surface area contributed by atoms with E-state index >= 15 is 0 Å². The third kappa shape index (κ3) is 3.02. The number of nitrogens with zero attached hydrogens (tertiary/aromatic N) is 4. The van der Waals surface area contributed by atoms with Gasteiger partial charge >= 0.3 is 0 Å². The van der Waals surface area contributed by atoms with E-state index in [-0.39, 0.29) is 5.82 Å². The van der Waals surface area contributed by atoms with Gasteiger partial charge in [-0.3, -0.25) is 15.1 Å². The highest BCUT2D eigenvalue weighted by atomic mass is 19.1. The van der Waals surface area contributed by atoms with Gasteiger partial charge in [0.25, 0.3) is 0 Å². The van der Waals surface area contributed by atoms with Gasteiger partial charge in [0.1, 0.15) is 11.5 Å². The van der Waals surface area contributed by atoms with Gasteiger partial charge in [0, 0.05) is 17.1 Å². The topological polar surface area (TPSA) is 83.1 Å². The zero-order valence-corrected chi connectivity index (χ0v) is 17.1. The molecule has 0 bridgehead atoms. The standard InChI is InChI=1S/C25H17FN6/c1-14-9-15(11-16(26)10-14)17-5-4-7-20-23(17)30-25(29-20)24-18-12-21(19-6-2-3-8-27-19)28-13-22(18)31-32-24/h2-13H,1H3,(H,29,30)(H,31,32). The number of aromatic amines is 2. The van der Waals surface area contributed by atoms with Crippen molar-refractivity contribution in [1.29, 1.82) is 0 Å². The minimum Gasteiger partial charge on any atom is -0.337 e. The van der Waals surface area contributed by atoms with E-state index in [1.807, 2.05) is 55.5 Å². The molecule has 0 saturated heterocycles. The monoisotopic (exact) mass is 420 g/mol. The Morgan fingerprint density at radius 2 is 1.81 bits per heavy atom. The van der Waals surface area contributed by atoms with E-state index in [0.717, 1.165) is 50.0 Å². The van der Waals surface area contributed by atoms with Gasteiger partial charge in [0.15, 0.2) is 5.82 Å². The van der Waals surface area contributed by atoms with Crippen molar-refractivity contribution in [2.45, 2.75) is 6.92 Å². The normalized spacial score (nSPS) is 11.4. The summed E-state index contributed by atoms with van der Waals surface area (Å²) in [6.45, 7) is 1.88. The van der Waals surface area contributed by atoms with E-state index in [1.54, 1.807) is 12.4 Å². The Labute approximate surface area is 182 Å². The van der Waals surface area contributed by atoms with Gasteiger partial charge in [-0.2, -0.15) is 5.10 Å². The number of halogens is 1. The first-order valence-corrected chi connectivity index (χ1v) is 10.2. The number of rotatable bonds is 3. The lowest BCUT2D eigenvalue weighted by Crippen LogP contribution is -1.87. The van der Waals surface area contributed by atoms with E-state index in [4.69, 9.17) is 4.98 Å². The average molecular weight is 420 g/mol. The van der Waals surface area contributed by atoms with Crippen LogP contribution in [0.3, 0.4) is 0 Å². The van der Waals surface area contributed by atoms with Crippen LogP contribution in [0.1, 0.15) is 5.56 Å². The third-order valence-electron chi connectivity index (χ3n) is 5.46. The Bertz CT molecular complexity index is 1580. The second-order valence-corrected chi connectivity index (χ2v) is 7.71. The van der Waals surface area contributed by atoms with Crippen LogP contribution in [0.4, 0.5) is 4.39 Å². The van der Waals surface area contributed by atoms with Gasteiger partial charge in [0.2, 0.25) is 0 Å². The summed E-state index contributed by atoms with van der Waals surface area (Å²) in [7, 11) is 0. The molecule has 0 saturated carbocycles. The Kier molecular flexibility index (Phi) is 4.07. The van der Waals surface area contributed by atoms with Crippen LogP contribution >= 0.6 is 0 Å². The molecule has 0 spiro atoms. The first kappa shape index (κ1) is 18.4. The number of hydrogen-bond acceptors (Lipinski definition) is 4. The predicted molar refractivity (Wildman–Crippen MR) is 122 cm³/mol. The van der Waals surface area contributed by atoms with Crippen molar-refractivity contribution in [1.82, 2.24) is 30.1 Å². The molecule has 154 valence electrons. The number of aromatic nitrogens is 6. The summed E-state index contributed by atoms with van der Waals surface area (Å²) in [6, 6.07) is 18.5. The second-order valence-electron chi connectivity index (χ2n) is 7.71. The lowest BCUT2D eigenvalue weighted by atomic mass is 10.0. The number of benzene rings is 2. The number of hydrogen-bond donors (Lipinski definition) is 2. The molecule has 2 N–H and O–H groups in total. The molecule has 0 aliphatic carbocycles. The summed E-state index contributed by atoms with van der Waals surface area (Å²) in [4.78, 5) is 17.1. The summed E-state index contributed by atoms with van der Waals surface area (Å²) in [5.74, 6) is 0.366. The SMILES string of the molecule is Cc1cc(F)cc(-c2cccc3[nH]c(-c4n[nH]c5cnc(-c6ccccn6)cc45)nc23)c1. The highest BCUT2D eigenvalue weighted by molar-refractivity contribution is 5.97. The molecule has 6 aromatic rings. The van der Waals surface area contributed by atoms with Crippen LogP contribution in [0.15, 0.2) is 73.1 Å². The van der Waals surface area contributed by atoms with Crippen molar-refractivity contribution < 1.29 is 4.39 Å². The molecule has 0 radical (unpaired) electrons. The van der Waals surface area contributed by atoms with E-state index in [9.17, 15) is 4.39 Å². The summed E-state index contributed by atoms with van der Waals surface area (Å²) in [5.41, 5.74) is 7.18. The molecule has 32 heavy (non-hydrogen) atoms. The highest BCUT2D eigenvalue weighted by Crippen LogP contribution is 2.32. The smallest absolute Gasteiger partial charge is 0.159 e. The summed E-state index contributed by atoms with van der Waals surface area (Å²) < 4.78 is 14.0. The largest absolute Gasteiger partial charge is 0.337 e. The average Bonchev–Trinajstić information content (AvgIpc) is 3.42. The zero-order chi connectivity index (χ0) is 21.7. The number of fused-ring (bicyclic) bond motifs is 2. The minimum atomic E-state index is -0.263. The number of imidazole rings is 1. The van der Waals surface area contributed by atoms with E-state index in [1.165, 1.54) is 12.1 Å². The first-order valence-electron chi connectivity index (χ1n) is 10.2. The summed E-state index contributed by atoms with van der Waals surface area (Å²) in [5, 5.41) is 8.41. The number of para-hydroxylation sites is 1. The molecule has 0 aliphatic heterocycles. The molecule has 6 nitrogen and oxygen atoms in total. The van der Waals surface area contributed by atoms with E-state index in [2.05, 4.69) is 25.1 Å². The molecular weight excluding hydrogens is 403 g/mol. The van der Waals surface area contributed by atoms with Crippen molar-refractivity contribution in [2.75, 3.05) is 0 Å². The first-order chi connectivity index (χ1) is 15.7. The molecule has 0 amide bonds. The lowest BCUT2D eigenvalue weighted by Gasteiger charge is -2.04. The Morgan fingerprint density at radius 1 is 0.875 bits per heavy atom. The fourth-order valence-corrected chi connectivity index (χ4v) is 4.02. The maximum atomic E-state index is 14.0. The minimum absolute atomic E-state index is 0.263. The Balaban J connectivity index is 1.52. The van der Waals surface area contributed by atoms with Gasteiger partial charge in [-0.15, -0.1) is 0 Å². The van der Waals surface area contributed by atoms with Crippen LogP contribution in [0.25, 0.3) is 56.0 Å². The molecule has 0 unspecified atom stereocenters. The molecule has 0 atom stereocenters. The van der Waals surface area contributed by atoms with Crippen molar-refractivity contribution in [2.24, 2.45) is 0 Å². The van der Waals surface area contributed by atoms with Crippen LogP contribution in [0.2, 0.25) is 0 Å². The second kappa shape index (κ2) is 7.09. The van der Waals surface area contributed by atoms with Gasteiger partial charge in [0.05, 0.1) is 34.1 Å². The highest BCUT2D eigenvalue weighted by Gasteiger charge is 2.16. The van der Waals surface area contributed by atoms with Gasteiger partial charge in [-0.25, -0.2) is 9.37 Å². The molecule has 7 heteroatoms. The van der Waals surface area contributed by atoms with Crippen molar-refractivity contribution >= 4 is 21.9 Å². The molecule has 4 heterocycles. The fourth-order valence-electron chi connectivity index (χ4n) is 4.02. The summed E-state index contributed by atoms with van der Waals surface area (Å²) >= 11 is 0.